The van der Waals surface area contributed by atoms with Crippen molar-refractivity contribution in [2.75, 3.05) is 13.2 Å². The molecule has 1 aliphatic rings. The number of ether oxygens (including phenoxy) is 2. The van der Waals surface area contributed by atoms with Crippen LogP contribution < -0.4 is 10.6 Å². The van der Waals surface area contributed by atoms with Crippen molar-refractivity contribution in [1.82, 2.24) is 10.6 Å². The van der Waals surface area contributed by atoms with E-state index < -0.39 is 16.6 Å². The van der Waals surface area contributed by atoms with Crippen LogP contribution in [0.1, 0.15) is 46.1 Å². The van der Waals surface area contributed by atoms with Gasteiger partial charge in [-0.2, -0.15) is 12.6 Å². The molecule has 1 fully saturated rings. The Kier molecular flexibility index (Phi) is 7.92. The molecule has 1 aromatic rings. The third-order valence-corrected chi connectivity index (χ3v) is 4.85. The highest BCUT2D eigenvalue weighted by atomic mass is 32.1. The summed E-state index contributed by atoms with van der Waals surface area (Å²) >= 11 is 4.52. The quantitative estimate of drug-likeness (QED) is 0.578. The lowest BCUT2D eigenvalue weighted by atomic mass is 10.0. The maximum atomic E-state index is 12.8. The fourth-order valence-electron chi connectivity index (χ4n) is 2.95. The molecule has 1 aromatic carbocycles. The van der Waals surface area contributed by atoms with Gasteiger partial charge in [-0.05, 0) is 46.1 Å². The first-order chi connectivity index (χ1) is 13.1. The molecule has 1 unspecified atom stereocenters. The van der Waals surface area contributed by atoms with Crippen molar-refractivity contribution >= 4 is 24.4 Å². The Morgan fingerprint density at radius 3 is 2.39 bits per heavy atom. The van der Waals surface area contributed by atoms with Gasteiger partial charge in [0.05, 0.1) is 19.3 Å². The molecule has 7 heteroatoms. The zero-order valence-corrected chi connectivity index (χ0v) is 18.1. The lowest BCUT2D eigenvalue weighted by molar-refractivity contribution is -0.252. The average Bonchev–Trinajstić information content (AvgIpc) is 2.61. The summed E-state index contributed by atoms with van der Waals surface area (Å²) in [4.78, 5) is 25.2. The van der Waals surface area contributed by atoms with E-state index in [1.54, 1.807) is 0 Å². The van der Waals surface area contributed by atoms with Crippen LogP contribution in [0.4, 0.5) is 0 Å². The highest BCUT2D eigenvalue weighted by molar-refractivity contribution is 7.81. The van der Waals surface area contributed by atoms with Gasteiger partial charge in [-0.25, -0.2) is 0 Å². The summed E-state index contributed by atoms with van der Waals surface area (Å²) in [6.07, 6.45) is 1.89. The largest absolute Gasteiger partial charge is 0.348 e. The Hall–Kier alpha value is -1.57. The number of amides is 2. The predicted octanol–water partition coefficient (Wildman–Crippen LogP) is 2.47. The van der Waals surface area contributed by atoms with Crippen molar-refractivity contribution in [2.45, 2.75) is 69.6 Å². The summed E-state index contributed by atoms with van der Waals surface area (Å²) < 4.78 is 10.4. The SMILES string of the molecule is CC1(C)OCC(NC(=O)C(NC(=O)CCCc2ccccc2)C(C)(C)S)CO1. The monoisotopic (exact) mass is 408 g/mol. The van der Waals surface area contributed by atoms with Crippen LogP contribution in [0, 0.1) is 0 Å². The molecule has 28 heavy (non-hydrogen) atoms. The molecule has 0 aliphatic carbocycles. The van der Waals surface area contributed by atoms with Crippen molar-refractivity contribution in [2.24, 2.45) is 0 Å². The third-order valence-electron chi connectivity index (χ3n) is 4.60. The van der Waals surface area contributed by atoms with Gasteiger partial charge in [-0.1, -0.05) is 30.3 Å². The molecule has 2 N–H and O–H groups in total. The summed E-state index contributed by atoms with van der Waals surface area (Å²) in [5, 5.41) is 5.74. The maximum absolute atomic E-state index is 12.8. The number of hydrogen-bond donors (Lipinski definition) is 3. The number of benzene rings is 1. The number of carbonyl (C=O) groups excluding carboxylic acids is 2. The van der Waals surface area contributed by atoms with Gasteiger partial charge in [0.25, 0.3) is 0 Å². The molecular formula is C21H32N2O4S. The summed E-state index contributed by atoms with van der Waals surface area (Å²) in [7, 11) is 0. The third kappa shape index (κ3) is 7.45. The molecule has 2 amide bonds. The van der Waals surface area contributed by atoms with Crippen LogP contribution in [0.5, 0.6) is 0 Å². The minimum absolute atomic E-state index is 0.157. The van der Waals surface area contributed by atoms with Gasteiger partial charge in [-0.3, -0.25) is 9.59 Å². The molecule has 156 valence electrons. The smallest absolute Gasteiger partial charge is 0.244 e. The molecular weight excluding hydrogens is 376 g/mol. The number of nitrogens with one attached hydrogen (secondary N) is 2. The first-order valence-electron chi connectivity index (χ1n) is 9.71. The van der Waals surface area contributed by atoms with Gasteiger partial charge in [-0.15, -0.1) is 0 Å². The van der Waals surface area contributed by atoms with Crippen LogP contribution in [0.25, 0.3) is 0 Å². The Labute approximate surface area is 173 Å². The van der Waals surface area contributed by atoms with E-state index in [-0.39, 0.29) is 17.9 Å². The van der Waals surface area contributed by atoms with Crippen molar-refractivity contribution in [3.63, 3.8) is 0 Å². The molecule has 0 aromatic heterocycles. The lowest BCUT2D eigenvalue weighted by Gasteiger charge is -2.37. The molecule has 6 nitrogen and oxygen atoms in total. The van der Waals surface area contributed by atoms with Gasteiger partial charge in [0.2, 0.25) is 11.8 Å². The predicted molar refractivity (Wildman–Crippen MR) is 112 cm³/mol. The zero-order valence-electron chi connectivity index (χ0n) is 17.2. The minimum Gasteiger partial charge on any atom is -0.348 e. The van der Waals surface area contributed by atoms with Gasteiger partial charge >= 0.3 is 0 Å². The summed E-state index contributed by atoms with van der Waals surface area (Å²) in [6, 6.07) is 9.01. The Morgan fingerprint density at radius 2 is 1.82 bits per heavy atom. The van der Waals surface area contributed by atoms with E-state index in [2.05, 4.69) is 23.3 Å². The first kappa shape index (κ1) is 22.7. The van der Waals surface area contributed by atoms with E-state index in [1.165, 1.54) is 5.56 Å². The summed E-state index contributed by atoms with van der Waals surface area (Å²) in [5.74, 6) is -1.08. The fourth-order valence-corrected chi connectivity index (χ4v) is 3.14. The van der Waals surface area contributed by atoms with Crippen LogP contribution >= 0.6 is 12.6 Å². The van der Waals surface area contributed by atoms with E-state index >= 15 is 0 Å². The second-order valence-corrected chi connectivity index (χ2v) is 9.37. The van der Waals surface area contributed by atoms with Crippen LogP contribution in [0.2, 0.25) is 0 Å². The van der Waals surface area contributed by atoms with Crippen LogP contribution in [-0.2, 0) is 25.5 Å². The molecule has 1 aliphatic heterocycles. The molecule has 1 atom stereocenters. The number of rotatable bonds is 8. The minimum atomic E-state index is -0.755. The van der Waals surface area contributed by atoms with Crippen molar-refractivity contribution in [3.8, 4) is 0 Å². The topological polar surface area (TPSA) is 76.7 Å². The van der Waals surface area contributed by atoms with E-state index in [0.29, 0.717) is 19.6 Å². The Morgan fingerprint density at radius 1 is 1.21 bits per heavy atom. The van der Waals surface area contributed by atoms with Gasteiger partial charge in [0.15, 0.2) is 5.79 Å². The second kappa shape index (κ2) is 9.76. The van der Waals surface area contributed by atoms with E-state index in [1.807, 2.05) is 58.0 Å². The molecule has 1 saturated heterocycles. The van der Waals surface area contributed by atoms with Crippen molar-refractivity contribution < 1.29 is 19.1 Å². The standard InChI is InChI=1S/C21H32N2O4S/c1-20(2,28)18(19(25)22-16-13-26-21(3,4)27-14-16)23-17(24)12-8-11-15-9-6-5-7-10-15/h5-7,9-10,16,18,28H,8,11-14H2,1-4H3,(H,22,25)(H,23,24). The highest BCUT2D eigenvalue weighted by Gasteiger charge is 2.36. The number of carbonyl (C=O) groups is 2. The normalized spacial score (nSPS) is 18.3. The van der Waals surface area contributed by atoms with E-state index in [4.69, 9.17) is 9.47 Å². The number of thiol groups is 1. The molecule has 0 radical (unpaired) electrons. The molecule has 1 heterocycles. The molecule has 2 rings (SSSR count). The fraction of sp³-hybridized carbons (Fsp3) is 0.619. The highest BCUT2D eigenvalue weighted by Crippen LogP contribution is 2.20. The number of hydrogen-bond acceptors (Lipinski definition) is 5. The van der Waals surface area contributed by atoms with Gasteiger partial charge in [0.1, 0.15) is 6.04 Å². The Balaban J connectivity index is 1.84. The van der Waals surface area contributed by atoms with E-state index in [0.717, 1.165) is 12.8 Å². The van der Waals surface area contributed by atoms with Crippen LogP contribution in [-0.4, -0.2) is 47.6 Å². The maximum Gasteiger partial charge on any atom is 0.244 e. The molecule has 0 bridgehead atoms. The Bertz CT molecular complexity index is 648. The van der Waals surface area contributed by atoms with Crippen LogP contribution in [0.15, 0.2) is 30.3 Å². The zero-order chi connectivity index (χ0) is 20.8. The van der Waals surface area contributed by atoms with Gasteiger partial charge in [0, 0.05) is 11.2 Å². The summed E-state index contributed by atoms with van der Waals surface area (Å²) in [6.45, 7) is 8.01. The molecule has 0 spiro atoms. The van der Waals surface area contributed by atoms with Gasteiger partial charge < -0.3 is 20.1 Å². The van der Waals surface area contributed by atoms with Crippen LogP contribution in [0.3, 0.4) is 0 Å². The van der Waals surface area contributed by atoms with E-state index in [9.17, 15) is 9.59 Å². The second-order valence-electron chi connectivity index (χ2n) is 8.22. The number of aryl methyl sites for hydroxylation is 1. The first-order valence-corrected chi connectivity index (χ1v) is 10.2. The summed E-state index contributed by atoms with van der Waals surface area (Å²) in [5.41, 5.74) is 1.19. The van der Waals surface area contributed by atoms with Crippen molar-refractivity contribution in [1.29, 1.82) is 0 Å². The van der Waals surface area contributed by atoms with Crippen molar-refractivity contribution in [3.05, 3.63) is 35.9 Å². The average molecular weight is 409 g/mol. The lowest BCUT2D eigenvalue weighted by Crippen LogP contribution is -2.59. The molecule has 0 saturated carbocycles.